The number of hydrogen-bond donors (Lipinski definition) is 2. The molecule has 0 saturated heterocycles. The van der Waals surface area contributed by atoms with Crippen molar-refractivity contribution in [3.05, 3.63) is 111 Å². The van der Waals surface area contributed by atoms with Crippen LogP contribution in [0.15, 0.2) is 88.5 Å². The summed E-state index contributed by atoms with van der Waals surface area (Å²) in [6, 6.07) is 21.0. The first-order valence-electron chi connectivity index (χ1n) is 10.1. The van der Waals surface area contributed by atoms with Crippen LogP contribution in [0.5, 0.6) is 5.75 Å². The van der Waals surface area contributed by atoms with Gasteiger partial charge in [-0.25, -0.2) is 14.8 Å². The molecule has 0 saturated carbocycles. The molecule has 166 valence electrons. The number of nitrogens with zero attached hydrogens (tertiary/aromatic N) is 2. The van der Waals surface area contributed by atoms with Gasteiger partial charge in [-0.15, -0.1) is 0 Å². The summed E-state index contributed by atoms with van der Waals surface area (Å²) in [4.78, 5) is 37.8. The highest BCUT2D eigenvalue weighted by Crippen LogP contribution is 2.16. The molecule has 4 rings (SSSR count). The lowest BCUT2D eigenvalue weighted by atomic mass is 10.1. The molecule has 0 bridgehead atoms. The molecule has 1 heterocycles. The highest BCUT2D eigenvalue weighted by Gasteiger charge is 2.14. The zero-order chi connectivity index (χ0) is 23.4. The van der Waals surface area contributed by atoms with Gasteiger partial charge in [-0.2, -0.15) is 0 Å². The number of hydrogen-bond acceptors (Lipinski definition) is 5. The SMILES string of the molecule is COc1ccc(-n2c(=O)c3ccccc3n(Cc3ccc(/C=C/C(=O)NO)cc3)c2=O)cc1. The minimum Gasteiger partial charge on any atom is -0.497 e. The Kier molecular flexibility index (Phi) is 6.19. The van der Waals surface area contributed by atoms with Gasteiger partial charge in [0.1, 0.15) is 5.75 Å². The van der Waals surface area contributed by atoms with Crippen molar-refractivity contribution in [2.75, 3.05) is 7.11 Å². The smallest absolute Gasteiger partial charge is 0.336 e. The summed E-state index contributed by atoms with van der Waals surface area (Å²) in [5.41, 5.74) is 3.28. The molecule has 0 radical (unpaired) electrons. The van der Waals surface area contributed by atoms with Crippen molar-refractivity contribution in [3.63, 3.8) is 0 Å². The molecule has 1 amide bonds. The Labute approximate surface area is 188 Å². The first-order chi connectivity index (χ1) is 16.0. The molecule has 2 N–H and O–H groups in total. The number of fused-ring (bicyclic) bond motifs is 1. The molecular formula is C25H21N3O5. The standard InChI is InChI=1S/C25H21N3O5/c1-33-20-13-11-19(12-14-20)28-24(30)21-4-2-3-5-22(21)27(25(28)31)16-18-8-6-17(7-9-18)10-15-23(29)26-32/h2-15,32H,16H2,1H3,(H,26,29)/b15-10+. The number of carbonyl (C=O) groups is 1. The van der Waals surface area contributed by atoms with E-state index in [0.717, 1.165) is 15.7 Å². The first kappa shape index (κ1) is 21.8. The van der Waals surface area contributed by atoms with Crippen molar-refractivity contribution < 1.29 is 14.7 Å². The van der Waals surface area contributed by atoms with Gasteiger partial charge in [-0.05, 0) is 53.6 Å². The predicted octanol–water partition coefficient (Wildman–Crippen LogP) is 2.73. The van der Waals surface area contributed by atoms with E-state index in [1.165, 1.54) is 11.6 Å². The number of benzene rings is 3. The van der Waals surface area contributed by atoms with Gasteiger partial charge in [-0.3, -0.25) is 19.4 Å². The number of nitrogens with one attached hydrogen (secondary N) is 1. The number of aromatic nitrogens is 2. The number of methoxy groups -OCH3 is 1. The fourth-order valence-corrected chi connectivity index (χ4v) is 3.56. The first-order valence-corrected chi connectivity index (χ1v) is 10.1. The molecule has 4 aromatic rings. The summed E-state index contributed by atoms with van der Waals surface area (Å²) in [7, 11) is 1.55. The largest absolute Gasteiger partial charge is 0.497 e. The molecule has 8 heteroatoms. The Bertz CT molecular complexity index is 1450. The van der Waals surface area contributed by atoms with Crippen molar-refractivity contribution in [1.82, 2.24) is 14.6 Å². The van der Waals surface area contributed by atoms with Gasteiger partial charge in [-0.1, -0.05) is 36.4 Å². The molecule has 0 spiro atoms. The third-order valence-corrected chi connectivity index (χ3v) is 5.24. The maximum Gasteiger partial charge on any atom is 0.336 e. The second kappa shape index (κ2) is 9.37. The lowest BCUT2D eigenvalue weighted by Gasteiger charge is -2.14. The average molecular weight is 443 g/mol. The molecule has 0 fully saturated rings. The lowest BCUT2D eigenvalue weighted by molar-refractivity contribution is -0.124. The number of carbonyl (C=O) groups excluding carboxylic acids is 1. The van der Waals surface area contributed by atoms with Gasteiger partial charge in [0.05, 0.1) is 30.2 Å². The highest BCUT2D eigenvalue weighted by atomic mass is 16.5. The van der Waals surface area contributed by atoms with Crippen LogP contribution in [0.1, 0.15) is 11.1 Å². The Morgan fingerprint density at radius 2 is 1.70 bits per heavy atom. The second-order valence-corrected chi connectivity index (χ2v) is 7.28. The van der Waals surface area contributed by atoms with Crippen LogP contribution >= 0.6 is 0 Å². The van der Waals surface area contributed by atoms with Crippen molar-refractivity contribution in [3.8, 4) is 11.4 Å². The summed E-state index contributed by atoms with van der Waals surface area (Å²) in [5, 5.41) is 9.00. The Morgan fingerprint density at radius 3 is 2.36 bits per heavy atom. The van der Waals surface area contributed by atoms with Crippen LogP contribution in [0, 0.1) is 0 Å². The van der Waals surface area contributed by atoms with Crippen molar-refractivity contribution >= 4 is 22.9 Å². The van der Waals surface area contributed by atoms with Crippen LogP contribution in [0.4, 0.5) is 0 Å². The summed E-state index contributed by atoms with van der Waals surface area (Å²) < 4.78 is 7.89. The van der Waals surface area contributed by atoms with E-state index in [-0.39, 0.29) is 12.1 Å². The molecule has 3 aromatic carbocycles. The quantitative estimate of drug-likeness (QED) is 0.271. The summed E-state index contributed by atoms with van der Waals surface area (Å²) in [6.07, 6.45) is 2.76. The molecule has 0 aliphatic carbocycles. The van der Waals surface area contributed by atoms with Gasteiger partial charge < -0.3 is 4.74 Å². The van der Waals surface area contributed by atoms with Crippen LogP contribution < -0.4 is 21.5 Å². The van der Waals surface area contributed by atoms with Crippen molar-refractivity contribution in [1.29, 1.82) is 0 Å². The minimum absolute atomic E-state index is 0.247. The number of hydroxylamine groups is 1. The van der Waals surface area contributed by atoms with E-state index in [1.54, 1.807) is 78.4 Å². The van der Waals surface area contributed by atoms with Gasteiger partial charge in [0.2, 0.25) is 0 Å². The van der Waals surface area contributed by atoms with E-state index in [1.807, 2.05) is 12.1 Å². The van der Waals surface area contributed by atoms with Crippen LogP contribution in [-0.4, -0.2) is 27.4 Å². The maximum absolute atomic E-state index is 13.5. The molecule has 0 unspecified atom stereocenters. The summed E-state index contributed by atoms with van der Waals surface area (Å²) in [5.74, 6) is -0.00332. The van der Waals surface area contributed by atoms with Crippen molar-refractivity contribution in [2.45, 2.75) is 6.54 Å². The van der Waals surface area contributed by atoms with E-state index < -0.39 is 11.6 Å². The minimum atomic E-state index is -0.627. The molecule has 0 aliphatic heterocycles. The predicted molar refractivity (Wildman–Crippen MR) is 125 cm³/mol. The fraction of sp³-hybridized carbons (Fsp3) is 0.0800. The van der Waals surface area contributed by atoms with Gasteiger partial charge in [0, 0.05) is 6.08 Å². The number of amides is 1. The Balaban J connectivity index is 1.79. The van der Waals surface area contributed by atoms with Crippen LogP contribution in [0.2, 0.25) is 0 Å². The van der Waals surface area contributed by atoms with Gasteiger partial charge >= 0.3 is 5.69 Å². The normalized spacial score (nSPS) is 11.1. The van der Waals surface area contributed by atoms with E-state index in [0.29, 0.717) is 22.3 Å². The average Bonchev–Trinajstić information content (AvgIpc) is 2.86. The number of rotatable bonds is 6. The zero-order valence-electron chi connectivity index (χ0n) is 17.8. The van der Waals surface area contributed by atoms with Gasteiger partial charge in [0.15, 0.2) is 0 Å². The zero-order valence-corrected chi connectivity index (χ0v) is 17.8. The molecule has 8 nitrogen and oxygen atoms in total. The van der Waals surface area contributed by atoms with Gasteiger partial charge in [0.25, 0.3) is 11.5 Å². The lowest BCUT2D eigenvalue weighted by Crippen LogP contribution is -2.39. The number of para-hydroxylation sites is 1. The number of ether oxygens (including phenoxy) is 1. The molecule has 0 atom stereocenters. The van der Waals surface area contributed by atoms with E-state index in [2.05, 4.69) is 0 Å². The third-order valence-electron chi connectivity index (χ3n) is 5.24. The third kappa shape index (κ3) is 4.46. The molecule has 33 heavy (non-hydrogen) atoms. The maximum atomic E-state index is 13.5. The molecule has 0 aliphatic rings. The van der Waals surface area contributed by atoms with E-state index >= 15 is 0 Å². The molecule has 1 aromatic heterocycles. The van der Waals surface area contributed by atoms with E-state index in [4.69, 9.17) is 9.94 Å². The molecular weight excluding hydrogens is 422 g/mol. The second-order valence-electron chi connectivity index (χ2n) is 7.28. The van der Waals surface area contributed by atoms with Crippen LogP contribution in [-0.2, 0) is 11.3 Å². The van der Waals surface area contributed by atoms with Crippen molar-refractivity contribution in [2.24, 2.45) is 0 Å². The van der Waals surface area contributed by atoms with Crippen LogP contribution in [0.25, 0.3) is 22.7 Å². The topological polar surface area (TPSA) is 103 Å². The fourth-order valence-electron chi connectivity index (χ4n) is 3.56. The monoisotopic (exact) mass is 443 g/mol. The highest BCUT2D eigenvalue weighted by molar-refractivity contribution is 5.90. The Hall–Kier alpha value is -4.43. The Morgan fingerprint density at radius 1 is 1.00 bits per heavy atom. The summed E-state index contributed by atoms with van der Waals surface area (Å²) in [6.45, 7) is 0.247. The summed E-state index contributed by atoms with van der Waals surface area (Å²) >= 11 is 0. The van der Waals surface area contributed by atoms with Crippen LogP contribution in [0.3, 0.4) is 0 Å². The van der Waals surface area contributed by atoms with E-state index in [9.17, 15) is 14.4 Å².